The molecular weight excluding hydrogens is 236 g/mol. The summed E-state index contributed by atoms with van der Waals surface area (Å²) in [5, 5.41) is 2.52. The summed E-state index contributed by atoms with van der Waals surface area (Å²) in [7, 11) is 2.97. The number of hydrogen-bond acceptors (Lipinski definition) is 4. The Bertz CT molecular complexity index is 271. The van der Waals surface area contributed by atoms with Gasteiger partial charge in [0.1, 0.15) is 0 Å². The number of ether oxygens (including phenoxy) is 2. The lowest BCUT2D eigenvalue weighted by Gasteiger charge is -2.20. The molecule has 2 amide bonds. The van der Waals surface area contributed by atoms with E-state index in [9.17, 15) is 9.59 Å². The van der Waals surface area contributed by atoms with Crippen molar-refractivity contribution in [3.05, 3.63) is 0 Å². The number of carbonyl (C=O) groups excluding carboxylic acids is 2. The van der Waals surface area contributed by atoms with Gasteiger partial charge in [-0.25, -0.2) is 0 Å². The second-order valence-corrected chi connectivity index (χ2v) is 4.32. The van der Waals surface area contributed by atoms with E-state index in [0.29, 0.717) is 13.1 Å². The van der Waals surface area contributed by atoms with Crippen molar-refractivity contribution in [1.82, 2.24) is 10.2 Å². The summed E-state index contributed by atoms with van der Waals surface area (Å²) in [5.41, 5.74) is 0. The molecule has 0 bridgehead atoms. The average Bonchev–Trinajstić information content (AvgIpc) is 2.67. The quantitative estimate of drug-likeness (QED) is 0.574. The minimum atomic E-state index is -0.587. The van der Waals surface area contributed by atoms with Gasteiger partial charge in [0, 0.05) is 27.3 Å². The fraction of sp³-hybridized carbons (Fsp3) is 0.833. The van der Waals surface area contributed by atoms with Crippen LogP contribution in [-0.4, -0.2) is 56.9 Å². The number of rotatable bonds is 4. The summed E-state index contributed by atoms with van der Waals surface area (Å²) in [5.74, 6) is -1.04. The van der Waals surface area contributed by atoms with Gasteiger partial charge in [0.25, 0.3) is 0 Å². The minimum absolute atomic E-state index is 0.172. The highest BCUT2D eigenvalue weighted by molar-refractivity contribution is 6.35. The van der Waals surface area contributed by atoms with Gasteiger partial charge in [0.2, 0.25) is 0 Å². The van der Waals surface area contributed by atoms with Crippen LogP contribution in [0.4, 0.5) is 0 Å². The van der Waals surface area contributed by atoms with E-state index >= 15 is 0 Å². The Morgan fingerprint density at radius 1 is 1.11 bits per heavy atom. The molecule has 1 fully saturated rings. The number of hydrogen-bond donors (Lipinski definition) is 1. The molecule has 0 aromatic carbocycles. The first-order valence-corrected chi connectivity index (χ1v) is 6.31. The van der Waals surface area contributed by atoms with E-state index in [0.717, 1.165) is 25.7 Å². The van der Waals surface area contributed by atoms with E-state index in [1.165, 1.54) is 14.2 Å². The lowest BCUT2D eigenvalue weighted by molar-refractivity contribution is -0.147. The number of nitrogens with zero attached hydrogens (tertiary/aromatic N) is 1. The summed E-state index contributed by atoms with van der Waals surface area (Å²) in [6.07, 6.45) is 3.67. The molecule has 1 rings (SSSR count). The van der Waals surface area contributed by atoms with Crippen molar-refractivity contribution in [2.45, 2.75) is 32.0 Å². The third-order valence-corrected chi connectivity index (χ3v) is 3.04. The first kappa shape index (κ1) is 14.9. The van der Waals surface area contributed by atoms with Crippen LogP contribution in [-0.2, 0) is 19.1 Å². The monoisotopic (exact) mass is 258 g/mol. The van der Waals surface area contributed by atoms with Crippen molar-refractivity contribution < 1.29 is 19.1 Å². The lowest BCUT2D eigenvalue weighted by Crippen LogP contribution is -2.45. The lowest BCUT2D eigenvalue weighted by atomic mass is 10.2. The largest absolute Gasteiger partial charge is 0.354 e. The maximum Gasteiger partial charge on any atom is 0.311 e. The molecule has 0 atom stereocenters. The fourth-order valence-corrected chi connectivity index (χ4v) is 1.93. The zero-order valence-electron chi connectivity index (χ0n) is 11.1. The van der Waals surface area contributed by atoms with Crippen molar-refractivity contribution >= 4 is 11.8 Å². The number of carbonyl (C=O) groups is 2. The zero-order valence-corrected chi connectivity index (χ0v) is 11.1. The van der Waals surface area contributed by atoms with E-state index in [1.807, 2.05) is 0 Å². The van der Waals surface area contributed by atoms with Gasteiger partial charge in [-0.15, -0.1) is 0 Å². The van der Waals surface area contributed by atoms with E-state index < -0.39 is 18.1 Å². The van der Waals surface area contributed by atoms with Crippen LogP contribution in [0.2, 0.25) is 0 Å². The predicted octanol–water partition coefficient (Wildman–Crippen LogP) is 0.124. The molecule has 6 heteroatoms. The number of nitrogens with one attached hydrogen (secondary N) is 1. The topological polar surface area (TPSA) is 67.9 Å². The van der Waals surface area contributed by atoms with Gasteiger partial charge in [-0.2, -0.15) is 0 Å². The highest BCUT2D eigenvalue weighted by Crippen LogP contribution is 2.09. The Balaban J connectivity index is 2.37. The van der Waals surface area contributed by atoms with Crippen LogP contribution >= 0.6 is 0 Å². The number of amides is 2. The maximum atomic E-state index is 11.9. The second kappa shape index (κ2) is 8.05. The average molecular weight is 258 g/mol. The molecular formula is C12H22N2O4. The molecule has 6 nitrogen and oxygen atoms in total. The van der Waals surface area contributed by atoms with E-state index in [1.54, 1.807) is 4.90 Å². The third-order valence-electron chi connectivity index (χ3n) is 3.04. The summed E-state index contributed by atoms with van der Waals surface area (Å²) >= 11 is 0. The Morgan fingerprint density at radius 2 is 1.67 bits per heavy atom. The van der Waals surface area contributed by atoms with Crippen molar-refractivity contribution in [3.63, 3.8) is 0 Å². The molecule has 0 aliphatic carbocycles. The molecule has 1 aliphatic heterocycles. The summed E-state index contributed by atoms with van der Waals surface area (Å²) < 4.78 is 9.87. The molecule has 0 saturated carbocycles. The first-order valence-electron chi connectivity index (χ1n) is 6.31. The smallest absolute Gasteiger partial charge is 0.311 e. The molecule has 0 aromatic heterocycles. The molecule has 1 aliphatic rings. The van der Waals surface area contributed by atoms with Crippen molar-refractivity contribution in [1.29, 1.82) is 0 Å². The van der Waals surface area contributed by atoms with Gasteiger partial charge in [0.05, 0.1) is 6.54 Å². The highest BCUT2D eigenvalue weighted by atomic mass is 16.7. The van der Waals surface area contributed by atoms with E-state index in [4.69, 9.17) is 9.47 Å². The van der Waals surface area contributed by atoms with Gasteiger partial charge in [-0.1, -0.05) is 12.8 Å². The standard InChI is InChI=1S/C12H22N2O4/c1-17-10(18-2)9-13-11(15)12(16)14-7-5-3-4-6-8-14/h10H,3-9H2,1-2H3,(H,13,15). The maximum absolute atomic E-state index is 11.9. The predicted molar refractivity (Wildman–Crippen MR) is 65.9 cm³/mol. The number of likely N-dealkylation sites (tertiary alicyclic amines) is 1. The molecule has 1 N–H and O–H groups in total. The van der Waals surface area contributed by atoms with E-state index in [2.05, 4.69) is 5.32 Å². The Labute approximate surface area is 108 Å². The van der Waals surface area contributed by atoms with Gasteiger partial charge in [-0.3, -0.25) is 9.59 Å². The van der Waals surface area contributed by atoms with Crippen LogP contribution in [0.25, 0.3) is 0 Å². The molecule has 0 spiro atoms. The highest BCUT2D eigenvalue weighted by Gasteiger charge is 2.22. The molecule has 0 radical (unpaired) electrons. The molecule has 18 heavy (non-hydrogen) atoms. The third kappa shape index (κ3) is 4.62. The van der Waals surface area contributed by atoms with Crippen molar-refractivity contribution in [3.8, 4) is 0 Å². The van der Waals surface area contributed by atoms with Crippen molar-refractivity contribution in [2.24, 2.45) is 0 Å². The SMILES string of the molecule is COC(CNC(=O)C(=O)N1CCCCCC1)OC. The molecule has 0 aromatic rings. The molecule has 1 heterocycles. The van der Waals surface area contributed by atoms with Crippen LogP contribution in [0.15, 0.2) is 0 Å². The Kier molecular flexibility index (Phi) is 6.67. The van der Waals surface area contributed by atoms with Gasteiger partial charge < -0.3 is 19.7 Å². The Morgan fingerprint density at radius 3 is 2.17 bits per heavy atom. The molecule has 1 saturated heterocycles. The summed E-state index contributed by atoms with van der Waals surface area (Å²) in [6, 6.07) is 0. The van der Waals surface area contributed by atoms with Crippen LogP contribution < -0.4 is 5.32 Å². The van der Waals surface area contributed by atoms with Crippen molar-refractivity contribution in [2.75, 3.05) is 33.9 Å². The number of methoxy groups -OCH3 is 2. The molecule has 0 unspecified atom stereocenters. The van der Waals surface area contributed by atoms with Gasteiger partial charge in [0.15, 0.2) is 6.29 Å². The molecule has 104 valence electrons. The van der Waals surface area contributed by atoms with E-state index in [-0.39, 0.29) is 6.54 Å². The minimum Gasteiger partial charge on any atom is -0.354 e. The fourth-order valence-electron chi connectivity index (χ4n) is 1.93. The Hall–Kier alpha value is -1.14. The summed E-state index contributed by atoms with van der Waals surface area (Å²) in [4.78, 5) is 25.2. The summed E-state index contributed by atoms with van der Waals surface area (Å²) in [6.45, 7) is 1.51. The second-order valence-electron chi connectivity index (χ2n) is 4.32. The van der Waals surface area contributed by atoms with Gasteiger partial charge >= 0.3 is 11.8 Å². The normalized spacial score (nSPS) is 16.5. The van der Waals surface area contributed by atoms with Crippen LogP contribution in [0.3, 0.4) is 0 Å². The van der Waals surface area contributed by atoms with Gasteiger partial charge in [-0.05, 0) is 12.8 Å². The zero-order chi connectivity index (χ0) is 13.4. The first-order chi connectivity index (χ1) is 8.69. The van der Waals surface area contributed by atoms with Crippen LogP contribution in [0.1, 0.15) is 25.7 Å². The van der Waals surface area contributed by atoms with Crippen LogP contribution in [0.5, 0.6) is 0 Å². The van der Waals surface area contributed by atoms with Crippen LogP contribution in [0, 0.1) is 0 Å².